The molecule has 1 saturated carbocycles. The molecule has 2 aromatic rings. The van der Waals surface area contributed by atoms with Gasteiger partial charge in [0.05, 0.1) is 5.69 Å². The second kappa shape index (κ2) is 6.05. The lowest BCUT2D eigenvalue weighted by Gasteiger charge is -2.17. The molecule has 2 aromatic carbocycles. The fourth-order valence-corrected chi connectivity index (χ4v) is 3.01. The minimum absolute atomic E-state index is 0.138. The third-order valence-electron chi connectivity index (χ3n) is 3.95. The van der Waals surface area contributed by atoms with Crippen LogP contribution < -0.4 is 10.6 Å². The van der Waals surface area contributed by atoms with E-state index >= 15 is 0 Å². The number of urea groups is 1. The Labute approximate surface area is 138 Å². The Hall–Kier alpha value is -1.56. The van der Waals surface area contributed by atoms with Gasteiger partial charge < -0.3 is 10.6 Å². The second-order valence-corrected chi connectivity index (χ2v) is 6.60. The topological polar surface area (TPSA) is 41.1 Å². The summed E-state index contributed by atoms with van der Waals surface area (Å²) in [5.74, 6) is 0. The Morgan fingerprint density at radius 1 is 1.05 bits per heavy atom. The monoisotopic (exact) mass is 392 g/mol. The maximum atomic E-state index is 12.0. The van der Waals surface area contributed by atoms with E-state index in [1.165, 1.54) is 5.56 Å². The van der Waals surface area contributed by atoms with E-state index in [2.05, 4.69) is 57.5 Å². The highest BCUT2D eigenvalue weighted by molar-refractivity contribution is 14.1. The lowest BCUT2D eigenvalue weighted by atomic mass is 9.96. The summed E-state index contributed by atoms with van der Waals surface area (Å²) in [6.45, 7) is 0.687. The molecule has 3 nitrogen and oxygen atoms in total. The number of anilines is 1. The van der Waals surface area contributed by atoms with Gasteiger partial charge in [-0.2, -0.15) is 0 Å². The van der Waals surface area contributed by atoms with Gasteiger partial charge in [-0.05, 0) is 53.1 Å². The van der Waals surface area contributed by atoms with Gasteiger partial charge in [0.15, 0.2) is 0 Å². The molecular formula is C17H17IN2O. The first-order chi connectivity index (χ1) is 10.2. The lowest BCUT2D eigenvalue weighted by Crippen LogP contribution is -2.35. The second-order valence-electron chi connectivity index (χ2n) is 5.43. The minimum Gasteiger partial charge on any atom is -0.337 e. The van der Waals surface area contributed by atoms with Crippen molar-refractivity contribution in [3.05, 3.63) is 63.7 Å². The Morgan fingerprint density at radius 3 is 2.38 bits per heavy atom. The molecule has 0 atom stereocenters. The van der Waals surface area contributed by atoms with Crippen molar-refractivity contribution in [1.82, 2.24) is 5.32 Å². The van der Waals surface area contributed by atoms with Crippen LogP contribution in [-0.2, 0) is 5.41 Å². The van der Waals surface area contributed by atoms with Crippen LogP contribution in [-0.4, -0.2) is 12.6 Å². The molecule has 0 unspecified atom stereocenters. The lowest BCUT2D eigenvalue weighted by molar-refractivity contribution is 0.251. The number of rotatable bonds is 4. The van der Waals surface area contributed by atoms with E-state index in [1.807, 2.05) is 30.3 Å². The number of hydrogen-bond acceptors (Lipinski definition) is 1. The van der Waals surface area contributed by atoms with Gasteiger partial charge in [0, 0.05) is 15.5 Å². The molecule has 0 heterocycles. The predicted octanol–water partition coefficient (Wildman–Crippen LogP) is 4.14. The highest BCUT2D eigenvalue weighted by atomic mass is 127. The Bertz CT molecular complexity index is 638. The van der Waals surface area contributed by atoms with Gasteiger partial charge in [-0.1, -0.05) is 42.5 Å². The number of nitrogens with one attached hydrogen (secondary N) is 2. The molecule has 2 N–H and O–H groups in total. The number of amides is 2. The quantitative estimate of drug-likeness (QED) is 0.755. The highest BCUT2D eigenvalue weighted by Crippen LogP contribution is 2.47. The van der Waals surface area contributed by atoms with Crippen LogP contribution in [0.25, 0.3) is 0 Å². The molecule has 108 valence electrons. The zero-order chi connectivity index (χ0) is 14.7. The highest BCUT2D eigenvalue weighted by Gasteiger charge is 2.44. The summed E-state index contributed by atoms with van der Waals surface area (Å²) in [5.41, 5.74) is 2.31. The fraction of sp³-hybridized carbons (Fsp3) is 0.235. The average molecular weight is 392 g/mol. The van der Waals surface area contributed by atoms with Crippen LogP contribution in [0.15, 0.2) is 54.6 Å². The first kappa shape index (κ1) is 14.4. The largest absolute Gasteiger partial charge is 0.337 e. The SMILES string of the molecule is O=C(NCC1(c2ccccc2)CC1)Nc1ccccc1I. The van der Waals surface area contributed by atoms with Gasteiger partial charge in [-0.25, -0.2) is 4.79 Å². The first-order valence-corrected chi connectivity index (χ1v) is 8.12. The molecule has 0 aromatic heterocycles. The van der Waals surface area contributed by atoms with E-state index in [0.29, 0.717) is 6.54 Å². The van der Waals surface area contributed by atoms with Crippen LogP contribution >= 0.6 is 22.6 Å². The average Bonchev–Trinajstić information content (AvgIpc) is 3.30. The molecule has 4 heteroatoms. The normalized spacial score (nSPS) is 15.3. The van der Waals surface area contributed by atoms with E-state index < -0.39 is 0 Å². The zero-order valence-electron chi connectivity index (χ0n) is 11.6. The number of halogens is 1. The number of benzene rings is 2. The smallest absolute Gasteiger partial charge is 0.319 e. The van der Waals surface area contributed by atoms with Crippen LogP contribution in [0.4, 0.5) is 10.5 Å². The third-order valence-corrected chi connectivity index (χ3v) is 4.89. The molecular weight excluding hydrogens is 375 g/mol. The van der Waals surface area contributed by atoms with Crippen molar-refractivity contribution in [2.24, 2.45) is 0 Å². The molecule has 1 aliphatic rings. The van der Waals surface area contributed by atoms with E-state index in [-0.39, 0.29) is 11.4 Å². The van der Waals surface area contributed by atoms with Crippen LogP contribution in [0.5, 0.6) is 0 Å². The molecule has 0 spiro atoms. The molecule has 1 fully saturated rings. The summed E-state index contributed by atoms with van der Waals surface area (Å²) in [7, 11) is 0. The van der Waals surface area contributed by atoms with E-state index in [4.69, 9.17) is 0 Å². The van der Waals surface area contributed by atoms with Crippen molar-refractivity contribution < 1.29 is 4.79 Å². The number of para-hydroxylation sites is 1. The van der Waals surface area contributed by atoms with E-state index in [9.17, 15) is 4.79 Å². The Morgan fingerprint density at radius 2 is 1.71 bits per heavy atom. The fourth-order valence-electron chi connectivity index (χ4n) is 2.49. The van der Waals surface area contributed by atoms with Gasteiger partial charge in [0.25, 0.3) is 0 Å². The number of carbonyl (C=O) groups is 1. The number of carbonyl (C=O) groups excluding carboxylic acids is 1. The van der Waals surface area contributed by atoms with Crippen molar-refractivity contribution >= 4 is 34.3 Å². The predicted molar refractivity (Wildman–Crippen MR) is 93.5 cm³/mol. The van der Waals surface area contributed by atoms with Crippen LogP contribution in [0.1, 0.15) is 18.4 Å². The van der Waals surface area contributed by atoms with Gasteiger partial charge in [0.1, 0.15) is 0 Å². The molecule has 21 heavy (non-hydrogen) atoms. The molecule has 3 rings (SSSR count). The summed E-state index contributed by atoms with van der Waals surface area (Å²) in [6.07, 6.45) is 2.28. The van der Waals surface area contributed by atoms with Gasteiger partial charge in [-0.3, -0.25) is 0 Å². The Balaban J connectivity index is 1.58. The van der Waals surface area contributed by atoms with Crippen molar-refractivity contribution in [2.75, 3.05) is 11.9 Å². The van der Waals surface area contributed by atoms with Gasteiger partial charge >= 0.3 is 6.03 Å². The molecule has 0 radical (unpaired) electrons. The van der Waals surface area contributed by atoms with Gasteiger partial charge in [-0.15, -0.1) is 0 Å². The zero-order valence-corrected chi connectivity index (χ0v) is 13.8. The summed E-state index contributed by atoms with van der Waals surface area (Å²) in [5, 5.41) is 5.91. The first-order valence-electron chi connectivity index (χ1n) is 7.05. The Kier molecular flexibility index (Phi) is 4.14. The van der Waals surface area contributed by atoms with Crippen molar-refractivity contribution in [3.63, 3.8) is 0 Å². The number of hydrogen-bond donors (Lipinski definition) is 2. The van der Waals surface area contributed by atoms with E-state index in [0.717, 1.165) is 22.1 Å². The minimum atomic E-state index is -0.138. The maximum absolute atomic E-state index is 12.0. The molecule has 0 saturated heterocycles. The van der Waals surface area contributed by atoms with Crippen LogP contribution in [0.3, 0.4) is 0 Å². The van der Waals surface area contributed by atoms with Crippen LogP contribution in [0, 0.1) is 3.57 Å². The molecule has 0 aliphatic heterocycles. The van der Waals surface area contributed by atoms with Crippen molar-refractivity contribution in [1.29, 1.82) is 0 Å². The maximum Gasteiger partial charge on any atom is 0.319 e. The molecule has 2 amide bonds. The summed E-state index contributed by atoms with van der Waals surface area (Å²) >= 11 is 2.22. The van der Waals surface area contributed by atoms with Crippen molar-refractivity contribution in [3.8, 4) is 0 Å². The van der Waals surface area contributed by atoms with Gasteiger partial charge in [0.2, 0.25) is 0 Å². The summed E-state index contributed by atoms with van der Waals surface area (Å²) in [4.78, 5) is 12.0. The van der Waals surface area contributed by atoms with Crippen molar-refractivity contribution in [2.45, 2.75) is 18.3 Å². The summed E-state index contributed by atoms with van der Waals surface area (Å²) < 4.78 is 1.04. The van der Waals surface area contributed by atoms with E-state index in [1.54, 1.807) is 0 Å². The van der Waals surface area contributed by atoms with Crippen LogP contribution in [0.2, 0.25) is 0 Å². The summed E-state index contributed by atoms with van der Waals surface area (Å²) in [6, 6.07) is 18.1. The third kappa shape index (κ3) is 3.37. The standard InChI is InChI=1S/C17H17IN2O/c18-14-8-4-5-9-15(14)20-16(21)19-12-17(10-11-17)13-6-2-1-3-7-13/h1-9H,10-12H2,(H2,19,20,21). The molecule has 1 aliphatic carbocycles. The molecule has 0 bridgehead atoms.